The van der Waals surface area contributed by atoms with Crippen LogP contribution in [0.5, 0.6) is 11.5 Å². The Hall–Kier alpha value is -3.55. The second kappa shape index (κ2) is 17.2. The van der Waals surface area contributed by atoms with Crippen molar-refractivity contribution in [2.75, 3.05) is 5.75 Å². The number of nitrogens with zero attached hydrogens (tertiary/aromatic N) is 8. The zero-order valence-corrected chi connectivity index (χ0v) is 27.8. The molecule has 13 heteroatoms. The maximum Gasteiger partial charge on any atom is 0.219 e. The van der Waals surface area contributed by atoms with Gasteiger partial charge in [0, 0.05) is 0 Å². The first-order valence-corrected chi connectivity index (χ1v) is 18.0. The highest BCUT2D eigenvalue weighted by atomic mass is 32.2. The Balaban J connectivity index is 1.33. The summed E-state index contributed by atoms with van der Waals surface area (Å²) in [6, 6.07) is 20.7. The Morgan fingerprint density at radius 2 is 1.11 bits per heavy atom. The first-order valence-electron chi connectivity index (χ1n) is 15.4. The van der Waals surface area contributed by atoms with E-state index in [0.717, 1.165) is 30.0 Å². The van der Waals surface area contributed by atoms with Crippen LogP contribution in [0.15, 0.2) is 91.7 Å². The molecule has 0 radical (unpaired) electrons. The number of thioether (sulfide) groups is 1. The van der Waals surface area contributed by atoms with E-state index in [9.17, 15) is 10.2 Å². The van der Waals surface area contributed by atoms with Crippen molar-refractivity contribution in [3.63, 3.8) is 0 Å². The fourth-order valence-corrected chi connectivity index (χ4v) is 7.85. The maximum atomic E-state index is 11.6. The van der Waals surface area contributed by atoms with Gasteiger partial charge in [-0.25, -0.2) is 0 Å². The van der Waals surface area contributed by atoms with Crippen LogP contribution in [-0.4, -0.2) is 56.4 Å². The number of hydrogen-bond acceptors (Lipinski definition) is 11. The van der Waals surface area contributed by atoms with E-state index in [2.05, 4.69) is 38.0 Å². The van der Waals surface area contributed by atoms with Crippen molar-refractivity contribution >= 4 is 35.3 Å². The van der Waals surface area contributed by atoms with Crippen LogP contribution in [0.25, 0.3) is 11.4 Å². The van der Waals surface area contributed by atoms with Gasteiger partial charge in [-0.3, -0.25) is 0 Å². The van der Waals surface area contributed by atoms with E-state index in [1.54, 1.807) is 27.2 Å². The van der Waals surface area contributed by atoms with Crippen LogP contribution in [0.3, 0.4) is 0 Å². The number of benzene rings is 3. The molecule has 2 aromatic heterocycles. The van der Waals surface area contributed by atoms with E-state index >= 15 is 0 Å². The van der Waals surface area contributed by atoms with Gasteiger partial charge < -0.3 is 10.2 Å². The molecule has 45 heavy (non-hydrogen) atoms. The van der Waals surface area contributed by atoms with Gasteiger partial charge in [0.15, 0.2) is 0 Å². The number of unbranched alkanes of at least 4 members (excludes halogenated alkanes) is 9. The summed E-state index contributed by atoms with van der Waals surface area (Å²) in [6.07, 6.45) is 12.7. The monoisotopic (exact) mass is 662 g/mol. The van der Waals surface area contributed by atoms with Crippen LogP contribution in [0.1, 0.15) is 71.1 Å². The highest BCUT2D eigenvalue weighted by Crippen LogP contribution is 2.51. The van der Waals surface area contributed by atoms with Gasteiger partial charge in [-0.05, 0) is 86.9 Å². The minimum Gasteiger partial charge on any atom is -0.507 e. The van der Waals surface area contributed by atoms with Crippen LogP contribution in [-0.2, 0) is 0 Å². The summed E-state index contributed by atoms with van der Waals surface area (Å²) in [5, 5.41) is 48.4. The summed E-state index contributed by atoms with van der Waals surface area (Å²) in [5.41, 5.74) is 1.56. The van der Waals surface area contributed by atoms with Crippen LogP contribution in [0.4, 0.5) is 0 Å². The Labute approximate surface area is 276 Å². The number of tetrazole rings is 2. The third-order valence-corrected chi connectivity index (χ3v) is 10.5. The first-order chi connectivity index (χ1) is 22.2. The number of phenolic OH excluding ortho intramolecular Hbond substituents is 2. The molecule has 5 rings (SSSR count). The lowest BCUT2D eigenvalue weighted by molar-refractivity contribution is 0.423. The van der Waals surface area contributed by atoms with E-state index in [0.29, 0.717) is 25.0 Å². The van der Waals surface area contributed by atoms with Gasteiger partial charge >= 0.3 is 0 Å². The largest absolute Gasteiger partial charge is 0.507 e. The Bertz CT molecular complexity index is 1620. The summed E-state index contributed by atoms with van der Waals surface area (Å²) >= 11 is 3.90. The normalized spacial score (nSPS) is 11.3. The number of rotatable bonds is 18. The van der Waals surface area contributed by atoms with Gasteiger partial charge in [-0.15, -0.1) is 22.0 Å². The summed E-state index contributed by atoms with van der Waals surface area (Å²) in [7, 11) is 0. The number of aromatic hydroxyl groups is 2. The summed E-state index contributed by atoms with van der Waals surface area (Å²) in [4.78, 5) is 1.45. The molecule has 0 bridgehead atoms. The summed E-state index contributed by atoms with van der Waals surface area (Å²) in [6.45, 7) is 2.25. The van der Waals surface area contributed by atoms with Crippen molar-refractivity contribution in [3.05, 3.63) is 66.7 Å². The summed E-state index contributed by atoms with van der Waals surface area (Å²) in [5.74, 6) is 0.930. The Kier molecular flexibility index (Phi) is 12.6. The average Bonchev–Trinajstić information content (AvgIpc) is 3.74. The molecule has 0 saturated heterocycles. The topological polar surface area (TPSA) is 128 Å². The smallest absolute Gasteiger partial charge is 0.219 e. The molecule has 0 aliphatic rings. The average molecular weight is 663 g/mol. The van der Waals surface area contributed by atoms with E-state index in [1.165, 1.54) is 74.9 Å². The predicted molar refractivity (Wildman–Crippen MR) is 179 cm³/mol. The lowest BCUT2D eigenvalue weighted by atomic mass is 10.1. The molecule has 0 aliphatic heterocycles. The molecule has 3 aromatic carbocycles. The Morgan fingerprint density at radius 3 is 1.64 bits per heavy atom. The molecular weight excluding hydrogens is 625 g/mol. The van der Waals surface area contributed by atoms with Gasteiger partial charge in [0.1, 0.15) is 11.5 Å². The SMILES string of the molecule is CCCCCCCCCCCCSc1cc(O)c(Sc2nnnn2-c2ccccc2)c(Sc2nnnn2-c2ccccc2)c1O. The maximum absolute atomic E-state index is 11.6. The second-order valence-corrected chi connectivity index (χ2v) is 13.6. The zero-order chi connectivity index (χ0) is 31.3. The van der Waals surface area contributed by atoms with Crippen LogP contribution < -0.4 is 0 Å². The van der Waals surface area contributed by atoms with Crippen molar-refractivity contribution in [2.45, 2.75) is 96.1 Å². The second-order valence-electron chi connectivity index (χ2n) is 10.6. The van der Waals surface area contributed by atoms with Crippen molar-refractivity contribution in [1.29, 1.82) is 0 Å². The lowest BCUT2D eigenvalue weighted by Crippen LogP contribution is -2.00. The molecule has 0 amide bonds. The predicted octanol–water partition coefficient (Wildman–Crippen LogP) is 8.36. The standard InChI is InChI=1S/C32H38N8O2S3/c1-2-3-4-5-6-7-8-9-10-17-22-43-27-23-26(41)29(44-31-33-35-37-39(31)24-18-13-11-14-19-24)30(28(27)42)45-32-34-36-38-40(32)25-20-15-12-16-21-25/h11-16,18-21,23,41-42H,2-10,17,22H2,1H3. The van der Waals surface area contributed by atoms with Crippen LogP contribution >= 0.6 is 35.3 Å². The molecule has 0 saturated carbocycles. The first kappa shape index (κ1) is 32.8. The van der Waals surface area contributed by atoms with Gasteiger partial charge in [0.2, 0.25) is 10.3 Å². The molecular formula is C32H38N8O2S3. The highest BCUT2D eigenvalue weighted by molar-refractivity contribution is 8.02. The fourth-order valence-electron chi connectivity index (χ4n) is 4.80. The molecule has 0 atom stereocenters. The molecule has 0 unspecified atom stereocenters. The van der Waals surface area contributed by atoms with Gasteiger partial charge in [0.05, 0.1) is 26.1 Å². The Morgan fingerprint density at radius 1 is 0.622 bits per heavy atom. The van der Waals surface area contributed by atoms with Crippen molar-refractivity contribution in [3.8, 4) is 22.9 Å². The highest BCUT2D eigenvalue weighted by Gasteiger charge is 2.25. The molecule has 2 N–H and O–H groups in total. The van der Waals surface area contributed by atoms with E-state index in [-0.39, 0.29) is 11.5 Å². The van der Waals surface area contributed by atoms with Crippen molar-refractivity contribution in [1.82, 2.24) is 40.4 Å². The molecule has 0 fully saturated rings. The lowest BCUT2D eigenvalue weighted by Gasteiger charge is -2.15. The molecule has 0 spiro atoms. The van der Waals surface area contributed by atoms with Gasteiger partial charge in [0.25, 0.3) is 0 Å². The number of hydrogen-bond donors (Lipinski definition) is 2. The molecule has 5 aromatic rings. The molecule has 236 valence electrons. The zero-order valence-electron chi connectivity index (χ0n) is 25.3. The van der Waals surface area contributed by atoms with Crippen molar-refractivity contribution < 1.29 is 10.2 Å². The third kappa shape index (κ3) is 9.01. The van der Waals surface area contributed by atoms with Crippen molar-refractivity contribution in [2.24, 2.45) is 0 Å². The number of phenols is 2. The number of aromatic nitrogens is 8. The molecule has 2 heterocycles. The fraction of sp³-hybridized carbons (Fsp3) is 0.375. The number of para-hydroxylation sites is 2. The molecule has 0 aliphatic carbocycles. The van der Waals surface area contributed by atoms with Crippen LogP contribution in [0, 0.1) is 0 Å². The minimum atomic E-state index is 0.0206. The van der Waals surface area contributed by atoms with E-state index in [1.807, 2.05) is 60.7 Å². The van der Waals surface area contributed by atoms with Crippen LogP contribution in [0.2, 0.25) is 0 Å². The van der Waals surface area contributed by atoms with Gasteiger partial charge in [-0.2, -0.15) is 9.36 Å². The van der Waals surface area contributed by atoms with E-state index in [4.69, 9.17) is 0 Å². The minimum absolute atomic E-state index is 0.0206. The van der Waals surface area contributed by atoms with Gasteiger partial charge in [-0.1, -0.05) is 101 Å². The van der Waals surface area contributed by atoms with E-state index < -0.39 is 0 Å². The molecule has 10 nitrogen and oxygen atoms in total. The third-order valence-electron chi connectivity index (χ3n) is 7.18. The quantitative estimate of drug-likeness (QED) is 0.0533. The summed E-state index contributed by atoms with van der Waals surface area (Å²) < 4.78 is 3.20.